The molecule has 1 N–H and O–H groups in total. The predicted molar refractivity (Wildman–Crippen MR) is 67.5 cm³/mol. The summed E-state index contributed by atoms with van der Waals surface area (Å²) < 4.78 is 0. The average molecular weight is 240 g/mol. The summed E-state index contributed by atoms with van der Waals surface area (Å²) in [7, 11) is 0. The monoisotopic (exact) mass is 240 g/mol. The van der Waals surface area contributed by atoms with E-state index in [2.05, 4.69) is 19.2 Å². The second-order valence-corrected chi connectivity index (χ2v) is 5.21. The van der Waals surface area contributed by atoms with Crippen molar-refractivity contribution in [3.63, 3.8) is 0 Å². The number of rotatable bonds is 5. The van der Waals surface area contributed by atoms with Crippen molar-refractivity contribution in [2.45, 2.75) is 59.0 Å². The van der Waals surface area contributed by atoms with E-state index in [4.69, 9.17) is 0 Å². The lowest BCUT2D eigenvalue weighted by atomic mass is 10.0. The zero-order valence-corrected chi connectivity index (χ0v) is 11.3. The number of carbonyl (C=O) groups is 2. The van der Waals surface area contributed by atoms with Crippen LogP contribution < -0.4 is 5.32 Å². The molecule has 17 heavy (non-hydrogen) atoms. The van der Waals surface area contributed by atoms with Gasteiger partial charge in [-0.25, -0.2) is 0 Å². The number of hydrogen-bond acceptors (Lipinski definition) is 2. The van der Waals surface area contributed by atoms with Crippen LogP contribution in [-0.4, -0.2) is 35.3 Å². The first-order chi connectivity index (χ1) is 7.97. The van der Waals surface area contributed by atoms with Crippen molar-refractivity contribution in [2.75, 3.05) is 6.54 Å². The Bertz CT molecular complexity index is 289. The molecule has 0 aromatic heterocycles. The Hall–Kier alpha value is -1.06. The fourth-order valence-electron chi connectivity index (χ4n) is 2.14. The lowest BCUT2D eigenvalue weighted by Crippen LogP contribution is -2.62. The van der Waals surface area contributed by atoms with Crippen LogP contribution in [0.2, 0.25) is 0 Å². The molecular formula is C13H24N2O2. The summed E-state index contributed by atoms with van der Waals surface area (Å²) in [6, 6.07) is -0.643. The highest BCUT2D eigenvalue weighted by Crippen LogP contribution is 2.14. The van der Waals surface area contributed by atoms with Gasteiger partial charge >= 0.3 is 0 Å². The average Bonchev–Trinajstić information content (AvgIpc) is 2.27. The highest BCUT2D eigenvalue weighted by atomic mass is 16.2. The van der Waals surface area contributed by atoms with Gasteiger partial charge in [-0.15, -0.1) is 0 Å². The van der Waals surface area contributed by atoms with Gasteiger partial charge in [-0.3, -0.25) is 9.59 Å². The van der Waals surface area contributed by atoms with E-state index in [1.165, 1.54) is 0 Å². The van der Waals surface area contributed by atoms with Crippen LogP contribution in [0.15, 0.2) is 0 Å². The molecule has 1 saturated heterocycles. The second-order valence-electron chi connectivity index (χ2n) is 5.21. The van der Waals surface area contributed by atoms with E-state index in [0.29, 0.717) is 18.9 Å². The van der Waals surface area contributed by atoms with Crippen LogP contribution in [0, 0.1) is 5.92 Å². The van der Waals surface area contributed by atoms with Crippen LogP contribution in [0.25, 0.3) is 0 Å². The first kappa shape index (κ1) is 14.0. The molecule has 1 fully saturated rings. The van der Waals surface area contributed by atoms with Gasteiger partial charge < -0.3 is 10.2 Å². The maximum Gasteiger partial charge on any atom is 0.245 e. The Morgan fingerprint density at radius 3 is 2.53 bits per heavy atom. The highest BCUT2D eigenvalue weighted by Gasteiger charge is 2.36. The molecule has 0 aromatic carbocycles. The fraction of sp³-hybridized carbons (Fsp3) is 0.846. The lowest BCUT2D eigenvalue weighted by Gasteiger charge is -2.37. The molecule has 0 spiro atoms. The summed E-state index contributed by atoms with van der Waals surface area (Å²) >= 11 is 0. The quantitative estimate of drug-likeness (QED) is 0.792. The van der Waals surface area contributed by atoms with Crippen LogP contribution in [-0.2, 0) is 9.59 Å². The Morgan fingerprint density at radius 2 is 2.00 bits per heavy atom. The molecular weight excluding hydrogens is 216 g/mol. The van der Waals surface area contributed by atoms with Gasteiger partial charge in [-0.2, -0.15) is 0 Å². The van der Waals surface area contributed by atoms with Gasteiger partial charge in [0.25, 0.3) is 0 Å². The SMILES string of the molecule is CCC1NC(=O)C(C)N(CCCC(C)C)C1=O. The topological polar surface area (TPSA) is 49.4 Å². The van der Waals surface area contributed by atoms with Gasteiger partial charge in [-0.1, -0.05) is 20.8 Å². The van der Waals surface area contributed by atoms with Gasteiger partial charge in [0.1, 0.15) is 12.1 Å². The third-order valence-electron chi connectivity index (χ3n) is 3.33. The second kappa shape index (κ2) is 6.03. The molecule has 1 aliphatic rings. The largest absolute Gasteiger partial charge is 0.343 e. The van der Waals surface area contributed by atoms with E-state index < -0.39 is 0 Å². The molecule has 2 atom stereocenters. The van der Waals surface area contributed by atoms with Crippen molar-refractivity contribution in [2.24, 2.45) is 5.92 Å². The normalized spacial score (nSPS) is 25.4. The molecule has 0 saturated carbocycles. The van der Waals surface area contributed by atoms with Gasteiger partial charge in [0.2, 0.25) is 11.8 Å². The van der Waals surface area contributed by atoms with E-state index in [1.54, 1.807) is 11.8 Å². The Morgan fingerprint density at radius 1 is 1.35 bits per heavy atom. The van der Waals surface area contributed by atoms with Gasteiger partial charge in [-0.05, 0) is 32.1 Å². The van der Waals surface area contributed by atoms with E-state index in [9.17, 15) is 9.59 Å². The van der Waals surface area contributed by atoms with Crippen LogP contribution in [0.3, 0.4) is 0 Å². The van der Waals surface area contributed by atoms with E-state index in [1.807, 2.05) is 6.92 Å². The van der Waals surface area contributed by atoms with Crippen molar-refractivity contribution in [3.8, 4) is 0 Å². The Kier molecular flexibility index (Phi) is 4.97. The maximum atomic E-state index is 12.1. The number of amides is 2. The minimum Gasteiger partial charge on any atom is -0.343 e. The summed E-state index contributed by atoms with van der Waals surface area (Å²) in [6.45, 7) is 8.76. The van der Waals surface area contributed by atoms with Crippen LogP contribution in [0.1, 0.15) is 47.0 Å². The minimum atomic E-state index is -0.322. The van der Waals surface area contributed by atoms with Crippen molar-refractivity contribution in [1.82, 2.24) is 10.2 Å². The highest BCUT2D eigenvalue weighted by molar-refractivity contribution is 5.96. The molecule has 2 amide bonds. The fourth-order valence-corrected chi connectivity index (χ4v) is 2.14. The molecule has 0 radical (unpaired) electrons. The van der Waals surface area contributed by atoms with Crippen molar-refractivity contribution >= 4 is 11.8 Å². The van der Waals surface area contributed by atoms with E-state index in [-0.39, 0.29) is 23.9 Å². The van der Waals surface area contributed by atoms with E-state index >= 15 is 0 Å². The smallest absolute Gasteiger partial charge is 0.245 e. The van der Waals surface area contributed by atoms with Crippen LogP contribution in [0.4, 0.5) is 0 Å². The summed E-state index contributed by atoms with van der Waals surface area (Å²) in [5.41, 5.74) is 0. The molecule has 4 nitrogen and oxygen atoms in total. The van der Waals surface area contributed by atoms with Crippen LogP contribution in [0.5, 0.6) is 0 Å². The predicted octanol–water partition coefficient (Wildman–Crippen LogP) is 1.55. The molecule has 4 heteroatoms. The summed E-state index contributed by atoms with van der Waals surface area (Å²) in [4.78, 5) is 25.5. The lowest BCUT2D eigenvalue weighted by molar-refractivity contribution is -0.148. The first-order valence-electron chi connectivity index (χ1n) is 6.58. The number of hydrogen-bond donors (Lipinski definition) is 1. The molecule has 0 bridgehead atoms. The van der Waals surface area contributed by atoms with Gasteiger partial charge in [0.05, 0.1) is 0 Å². The molecule has 1 aliphatic heterocycles. The number of nitrogens with zero attached hydrogens (tertiary/aromatic N) is 1. The number of piperazine rings is 1. The Balaban J connectivity index is 2.59. The van der Waals surface area contributed by atoms with Gasteiger partial charge in [0, 0.05) is 6.54 Å². The summed E-state index contributed by atoms with van der Waals surface area (Å²) in [6.07, 6.45) is 2.73. The molecule has 98 valence electrons. The molecule has 1 heterocycles. The van der Waals surface area contributed by atoms with Gasteiger partial charge in [0.15, 0.2) is 0 Å². The zero-order valence-electron chi connectivity index (χ0n) is 11.3. The maximum absolute atomic E-state index is 12.1. The van der Waals surface area contributed by atoms with Crippen molar-refractivity contribution < 1.29 is 9.59 Å². The van der Waals surface area contributed by atoms with E-state index in [0.717, 1.165) is 12.8 Å². The number of nitrogens with one attached hydrogen (secondary N) is 1. The first-order valence-corrected chi connectivity index (χ1v) is 6.58. The zero-order chi connectivity index (χ0) is 13.0. The van der Waals surface area contributed by atoms with Crippen molar-refractivity contribution in [3.05, 3.63) is 0 Å². The Labute approximate surface area is 104 Å². The third-order valence-corrected chi connectivity index (χ3v) is 3.33. The van der Waals surface area contributed by atoms with Crippen LogP contribution >= 0.6 is 0 Å². The molecule has 1 rings (SSSR count). The third kappa shape index (κ3) is 3.45. The minimum absolute atomic E-state index is 0.0269. The standard InChI is InChI=1S/C13H24N2O2/c1-5-11-13(17)15(8-6-7-9(2)3)10(4)12(16)14-11/h9-11H,5-8H2,1-4H3,(H,14,16). The summed E-state index contributed by atoms with van der Waals surface area (Å²) in [5, 5.41) is 2.76. The molecule has 0 aliphatic carbocycles. The molecule has 2 unspecified atom stereocenters. The molecule has 0 aromatic rings. The van der Waals surface area contributed by atoms with Crippen molar-refractivity contribution in [1.29, 1.82) is 0 Å². The summed E-state index contributed by atoms with van der Waals surface area (Å²) in [5.74, 6) is 0.686. The number of carbonyl (C=O) groups excluding carboxylic acids is 2.